The molecule has 2 heterocycles. The van der Waals surface area contributed by atoms with Gasteiger partial charge in [-0.3, -0.25) is 9.59 Å². The van der Waals surface area contributed by atoms with Gasteiger partial charge in [0.05, 0.1) is 5.69 Å². The summed E-state index contributed by atoms with van der Waals surface area (Å²) in [5.74, 6) is 0.0808. The van der Waals surface area contributed by atoms with Crippen molar-refractivity contribution in [2.45, 2.75) is 91.0 Å². The van der Waals surface area contributed by atoms with Crippen molar-refractivity contribution in [2.75, 3.05) is 6.54 Å². The topological polar surface area (TPSA) is 120 Å². The first kappa shape index (κ1) is 23.7. The fourth-order valence-electron chi connectivity index (χ4n) is 3.69. The maximum absolute atomic E-state index is 13.3. The molecule has 2 atom stereocenters. The van der Waals surface area contributed by atoms with E-state index in [1.54, 1.807) is 20.8 Å². The Morgan fingerprint density at radius 1 is 1.33 bits per heavy atom. The van der Waals surface area contributed by atoms with E-state index >= 15 is 0 Å². The van der Waals surface area contributed by atoms with E-state index in [9.17, 15) is 14.4 Å². The van der Waals surface area contributed by atoms with Crippen LogP contribution >= 0.6 is 0 Å². The molecule has 1 aliphatic heterocycles. The smallest absolute Gasteiger partial charge is 0.408 e. The van der Waals surface area contributed by atoms with Crippen molar-refractivity contribution in [3.63, 3.8) is 0 Å². The number of carbonyl (C=O) groups is 3. The van der Waals surface area contributed by atoms with Crippen LogP contribution in [0.3, 0.4) is 0 Å². The molecule has 0 unspecified atom stereocenters. The maximum atomic E-state index is 13.3. The van der Waals surface area contributed by atoms with Gasteiger partial charge in [0.25, 0.3) is 0 Å². The van der Waals surface area contributed by atoms with Crippen LogP contribution in [0.15, 0.2) is 6.20 Å². The van der Waals surface area contributed by atoms with Crippen LogP contribution in [0, 0.1) is 0 Å². The number of imidazole rings is 1. The molecule has 30 heavy (non-hydrogen) atoms. The fraction of sp³-hybridized carbons (Fsp3) is 0.714. The standard InChI is InChI=1S/C21H35N5O4/c1-6-9-17-23-14(13-25(17)7-2)12-15(24-20(29)30-21(3,4)5)19(28)26-11-8-10-16(26)18(22)27/h13,15-16H,6-12H2,1-5H3,(H2,22,27)(H,24,29)/t15-,16-/m0/s1. The molecule has 3 N–H and O–H groups in total. The summed E-state index contributed by atoms with van der Waals surface area (Å²) in [5.41, 5.74) is 5.49. The zero-order valence-electron chi connectivity index (χ0n) is 18.7. The SMILES string of the molecule is CCCc1nc(C[C@H](NC(=O)OC(C)(C)C)C(=O)N2CCC[C@H]2C(N)=O)cn1CC. The molecule has 168 valence electrons. The zero-order valence-corrected chi connectivity index (χ0v) is 18.7. The number of likely N-dealkylation sites (tertiary alicyclic amines) is 1. The van der Waals surface area contributed by atoms with Crippen LogP contribution in [0.5, 0.6) is 0 Å². The molecule has 0 spiro atoms. The van der Waals surface area contributed by atoms with Crippen molar-refractivity contribution >= 4 is 17.9 Å². The number of aryl methyl sites for hydroxylation is 2. The van der Waals surface area contributed by atoms with Crippen LogP contribution in [0.25, 0.3) is 0 Å². The quantitative estimate of drug-likeness (QED) is 0.663. The van der Waals surface area contributed by atoms with Crippen LogP contribution in [0.4, 0.5) is 4.79 Å². The molecule has 0 radical (unpaired) electrons. The predicted molar refractivity (Wildman–Crippen MR) is 113 cm³/mol. The summed E-state index contributed by atoms with van der Waals surface area (Å²) in [5, 5.41) is 2.68. The van der Waals surface area contributed by atoms with E-state index in [1.807, 2.05) is 13.1 Å². The molecule has 0 aromatic carbocycles. The first-order valence-corrected chi connectivity index (χ1v) is 10.7. The third kappa shape index (κ3) is 6.21. The monoisotopic (exact) mass is 421 g/mol. The molecule has 0 bridgehead atoms. The third-order valence-electron chi connectivity index (χ3n) is 4.99. The van der Waals surface area contributed by atoms with Crippen molar-refractivity contribution < 1.29 is 19.1 Å². The summed E-state index contributed by atoms with van der Waals surface area (Å²) < 4.78 is 7.40. The third-order valence-corrected chi connectivity index (χ3v) is 4.99. The van der Waals surface area contributed by atoms with Gasteiger partial charge in [-0.05, 0) is 47.0 Å². The highest BCUT2D eigenvalue weighted by molar-refractivity contribution is 5.91. The molecule has 2 rings (SSSR count). The van der Waals surface area contributed by atoms with Gasteiger partial charge in [-0.15, -0.1) is 0 Å². The van der Waals surface area contributed by atoms with Crippen molar-refractivity contribution in [3.05, 3.63) is 17.7 Å². The first-order chi connectivity index (χ1) is 14.1. The molecule has 9 nitrogen and oxygen atoms in total. The number of hydrogen-bond donors (Lipinski definition) is 2. The number of nitrogens with one attached hydrogen (secondary N) is 1. The molecule has 1 aliphatic rings. The minimum atomic E-state index is -0.894. The van der Waals surface area contributed by atoms with Gasteiger partial charge in [0.15, 0.2) is 0 Å². The Morgan fingerprint density at radius 3 is 2.60 bits per heavy atom. The summed E-state index contributed by atoms with van der Waals surface area (Å²) in [6.07, 6.45) is 4.47. The number of carbonyl (C=O) groups excluding carboxylic acids is 3. The number of rotatable bonds is 8. The molecule has 1 aromatic heterocycles. The Hall–Kier alpha value is -2.58. The molecular formula is C21H35N5O4. The van der Waals surface area contributed by atoms with E-state index in [2.05, 4.69) is 21.8 Å². The highest BCUT2D eigenvalue weighted by Crippen LogP contribution is 2.20. The van der Waals surface area contributed by atoms with Crippen molar-refractivity contribution in [3.8, 4) is 0 Å². The van der Waals surface area contributed by atoms with E-state index in [4.69, 9.17) is 10.5 Å². The van der Waals surface area contributed by atoms with Crippen molar-refractivity contribution in [1.82, 2.24) is 19.8 Å². The summed E-state index contributed by atoms with van der Waals surface area (Å²) in [6, 6.07) is -1.54. The van der Waals surface area contributed by atoms with Crippen molar-refractivity contribution in [2.24, 2.45) is 5.73 Å². The van der Waals surface area contributed by atoms with E-state index < -0.39 is 29.7 Å². The van der Waals surface area contributed by atoms with Crippen LogP contribution in [0.1, 0.15) is 65.4 Å². The molecular weight excluding hydrogens is 386 g/mol. The minimum Gasteiger partial charge on any atom is -0.444 e. The second-order valence-corrected chi connectivity index (χ2v) is 8.68. The van der Waals surface area contributed by atoms with Gasteiger partial charge in [0.1, 0.15) is 23.5 Å². The Balaban J connectivity index is 2.25. The summed E-state index contributed by atoms with van der Waals surface area (Å²) in [6.45, 7) is 10.6. The van der Waals surface area contributed by atoms with E-state index in [1.165, 1.54) is 4.90 Å². The lowest BCUT2D eigenvalue weighted by atomic mass is 10.1. The van der Waals surface area contributed by atoms with Gasteiger partial charge in [-0.1, -0.05) is 6.92 Å². The van der Waals surface area contributed by atoms with Gasteiger partial charge in [0, 0.05) is 32.1 Å². The number of nitrogens with zero attached hydrogens (tertiary/aromatic N) is 3. The van der Waals surface area contributed by atoms with Gasteiger partial charge >= 0.3 is 6.09 Å². The van der Waals surface area contributed by atoms with Gasteiger partial charge in [-0.2, -0.15) is 0 Å². The average Bonchev–Trinajstić information content (AvgIpc) is 3.26. The van der Waals surface area contributed by atoms with E-state index in [0.717, 1.165) is 25.2 Å². The highest BCUT2D eigenvalue weighted by atomic mass is 16.6. The fourth-order valence-corrected chi connectivity index (χ4v) is 3.69. The summed E-state index contributed by atoms with van der Waals surface area (Å²) in [4.78, 5) is 43.6. The Bertz CT molecular complexity index is 768. The highest BCUT2D eigenvalue weighted by Gasteiger charge is 2.37. The maximum Gasteiger partial charge on any atom is 0.408 e. The van der Waals surface area contributed by atoms with Crippen molar-refractivity contribution in [1.29, 1.82) is 0 Å². The summed E-state index contributed by atoms with van der Waals surface area (Å²) >= 11 is 0. The molecule has 9 heteroatoms. The number of aromatic nitrogens is 2. The Labute approximate surface area is 178 Å². The largest absolute Gasteiger partial charge is 0.444 e. The van der Waals surface area contributed by atoms with Gasteiger partial charge < -0.3 is 25.3 Å². The number of nitrogens with two attached hydrogens (primary N) is 1. The predicted octanol–water partition coefficient (Wildman–Crippen LogP) is 1.77. The van der Waals surface area contributed by atoms with Crippen LogP contribution in [-0.2, 0) is 33.7 Å². The second kappa shape index (κ2) is 9.95. The van der Waals surface area contributed by atoms with Gasteiger partial charge in [0.2, 0.25) is 11.8 Å². The van der Waals surface area contributed by atoms with Crippen LogP contribution in [0.2, 0.25) is 0 Å². The lowest BCUT2D eigenvalue weighted by Gasteiger charge is -2.28. The molecule has 1 fully saturated rings. The first-order valence-electron chi connectivity index (χ1n) is 10.7. The average molecular weight is 422 g/mol. The zero-order chi connectivity index (χ0) is 22.5. The minimum absolute atomic E-state index is 0.212. The Morgan fingerprint density at radius 2 is 2.03 bits per heavy atom. The lowest BCUT2D eigenvalue weighted by Crippen LogP contribution is -2.54. The Kier molecular flexibility index (Phi) is 7.86. The molecule has 1 saturated heterocycles. The normalized spacial score (nSPS) is 17.6. The number of ether oxygens (including phenoxy) is 1. The summed E-state index contributed by atoms with van der Waals surface area (Å²) in [7, 11) is 0. The number of primary amides is 1. The number of amides is 3. The molecule has 3 amide bonds. The molecule has 0 saturated carbocycles. The van der Waals surface area contributed by atoms with E-state index in [-0.39, 0.29) is 12.3 Å². The van der Waals surface area contributed by atoms with E-state index in [0.29, 0.717) is 25.1 Å². The molecule has 1 aromatic rings. The second-order valence-electron chi connectivity index (χ2n) is 8.68. The number of alkyl carbamates (subject to hydrolysis) is 1. The molecule has 0 aliphatic carbocycles. The number of hydrogen-bond acceptors (Lipinski definition) is 5. The van der Waals surface area contributed by atoms with Gasteiger partial charge in [-0.25, -0.2) is 9.78 Å². The van der Waals surface area contributed by atoms with Crippen LogP contribution in [-0.4, -0.2) is 56.6 Å². The lowest BCUT2D eigenvalue weighted by molar-refractivity contribution is -0.139. The van der Waals surface area contributed by atoms with Crippen LogP contribution < -0.4 is 11.1 Å².